The van der Waals surface area contributed by atoms with E-state index >= 15 is 0 Å². The van der Waals surface area contributed by atoms with Crippen LogP contribution in [0.25, 0.3) is 0 Å². The Labute approximate surface area is 156 Å². The molecule has 0 bridgehead atoms. The van der Waals surface area contributed by atoms with E-state index < -0.39 is 0 Å². The number of benzene rings is 2. The second-order valence-electron chi connectivity index (χ2n) is 5.85. The van der Waals surface area contributed by atoms with Crippen LogP contribution in [0, 0.1) is 10.6 Å². The van der Waals surface area contributed by atoms with Gasteiger partial charge in [0.25, 0.3) is 0 Å². The van der Waals surface area contributed by atoms with E-state index in [0.29, 0.717) is 22.6 Å². The first-order chi connectivity index (χ1) is 12.7. The number of hydrogen-bond donors (Lipinski definition) is 2. The number of nitrogens with zero attached hydrogens (tertiary/aromatic N) is 2. The van der Waals surface area contributed by atoms with E-state index in [2.05, 4.69) is 22.5 Å². The molecule has 2 N–H and O–H groups in total. The van der Waals surface area contributed by atoms with Crippen LogP contribution in [-0.4, -0.2) is 14.9 Å². The Morgan fingerprint density at radius 2 is 1.88 bits per heavy atom. The Bertz CT molecular complexity index is 922. The fourth-order valence-electron chi connectivity index (χ4n) is 2.61. The predicted octanol–water partition coefficient (Wildman–Crippen LogP) is 4.35. The molecule has 0 saturated heterocycles. The molecule has 0 unspecified atom stereocenters. The fraction of sp³-hybridized carbons (Fsp3) is 0.263. The van der Waals surface area contributed by atoms with Crippen molar-refractivity contribution in [3.8, 4) is 5.75 Å². The molecule has 0 saturated carbocycles. The third-order valence-corrected chi connectivity index (χ3v) is 4.23. The molecule has 0 spiro atoms. The van der Waals surface area contributed by atoms with E-state index in [1.807, 2.05) is 24.3 Å². The maximum absolute atomic E-state index is 13.8. The van der Waals surface area contributed by atoms with E-state index in [4.69, 9.17) is 17.0 Å². The predicted molar refractivity (Wildman–Crippen MR) is 102 cm³/mol. The van der Waals surface area contributed by atoms with Gasteiger partial charge in [0.2, 0.25) is 4.77 Å². The van der Waals surface area contributed by atoms with Crippen LogP contribution in [0.5, 0.6) is 5.75 Å². The molecule has 7 heteroatoms. The lowest BCUT2D eigenvalue weighted by Gasteiger charge is -2.14. The average Bonchev–Trinajstić information content (AvgIpc) is 3.00. The van der Waals surface area contributed by atoms with Crippen LogP contribution in [0.15, 0.2) is 48.5 Å². The number of halogens is 1. The number of rotatable bonds is 8. The molecule has 26 heavy (non-hydrogen) atoms. The lowest BCUT2D eigenvalue weighted by molar-refractivity contribution is 0.297. The molecule has 0 aliphatic heterocycles. The number of para-hydroxylation sites is 1. The zero-order valence-electron chi connectivity index (χ0n) is 14.5. The highest BCUT2D eigenvalue weighted by Crippen LogP contribution is 2.20. The molecule has 0 aliphatic carbocycles. The number of aromatic nitrogens is 3. The molecule has 0 amide bonds. The number of hydrogen-bond acceptors (Lipinski definition) is 4. The highest BCUT2D eigenvalue weighted by Gasteiger charge is 2.08. The number of ether oxygens (including phenoxy) is 1. The lowest BCUT2D eigenvalue weighted by Crippen LogP contribution is -2.18. The van der Waals surface area contributed by atoms with Crippen molar-refractivity contribution in [2.75, 3.05) is 5.43 Å². The van der Waals surface area contributed by atoms with E-state index in [1.165, 1.54) is 6.07 Å². The normalized spacial score (nSPS) is 10.7. The smallest absolute Gasteiger partial charge is 0.214 e. The first kappa shape index (κ1) is 18.1. The van der Waals surface area contributed by atoms with Gasteiger partial charge in [-0.05, 0) is 30.8 Å². The highest BCUT2D eigenvalue weighted by atomic mass is 32.1. The summed E-state index contributed by atoms with van der Waals surface area (Å²) in [5, 5.41) is 7.04. The fourth-order valence-corrected chi connectivity index (χ4v) is 2.83. The van der Waals surface area contributed by atoms with Gasteiger partial charge in [0.05, 0.1) is 6.54 Å². The minimum absolute atomic E-state index is 0.176. The van der Waals surface area contributed by atoms with Crippen molar-refractivity contribution in [3.05, 3.63) is 76.1 Å². The summed E-state index contributed by atoms with van der Waals surface area (Å²) >= 11 is 5.27. The van der Waals surface area contributed by atoms with Crippen LogP contribution >= 0.6 is 12.2 Å². The van der Waals surface area contributed by atoms with Crippen LogP contribution in [0.3, 0.4) is 0 Å². The summed E-state index contributed by atoms with van der Waals surface area (Å²) in [6, 6.07) is 14.3. The van der Waals surface area contributed by atoms with Gasteiger partial charge in [-0.2, -0.15) is 5.10 Å². The van der Waals surface area contributed by atoms with Gasteiger partial charge in [0.15, 0.2) is 5.82 Å². The standard InChI is InChI=1S/C19H21FN4OS/c1-2-7-18-22-23-19(26)24(18)21-12-14-8-4-6-11-17(14)25-13-15-9-3-5-10-16(15)20/h3-6,8-11,21H,2,7,12-13H2,1H3,(H,23,26). The van der Waals surface area contributed by atoms with Gasteiger partial charge >= 0.3 is 0 Å². The maximum atomic E-state index is 13.8. The topological polar surface area (TPSA) is 54.9 Å². The summed E-state index contributed by atoms with van der Waals surface area (Å²) in [5.41, 5.74) is 4.76. The second kappa shape index (κ2) is 8.62. The van der Waals surface area contributed by atoms with Crippen molar-refractivity contribution in [2.24, 2.45) is 0 Å². The van der Waals surface area contributed by atoms with Crippen molar-refractivity contribution in [2.45, 2.75) is 32.9 Å². The molecule has 0 radical (unpaired) electrons. The Morgan fingerprint density at radius 1 is 1.15 bits per heavy atom. The Balaban J connectivity index is 1.71. The van der Waals surface area contributed by atoms with E-state index in [0.717, 1.165) is 24.2 Å². The van der Waals surface area contributed by atoms with Crippen LogP contribution in [0.4, 0.5) is 4.39 Å². The number of nitrogens with one attached hydrogen (secondary N) is 2. The van der Waals surface area contributed by atoms with Gasteiger partial charge in [-0.25, -0.2) is 9.07 Å². The van der Waals surface area contributed by atoms with Gasteiger partial charge < -0.3 is 10.2 Å². The second-order valence-corrected chi connectivity index (χ2v) is 6.24. The molecule has 3 aromatic rings. The van der Waals surface area contributed by atoms with Gasteiger partial charge in [-0.1, -0.05) is 43.3 Å². The van der Waals surface area contributed by atoms with E-state index in [-0.39, 0.29) is 12.4 Å². The molecule has 5 nitrogen and oxygen atoms in total. The molecule has 3 rings (SSSR count). The minimum Gasteiger partial charge on any atom is -0.488 e. The first-order valence-corrected chi connectivity index (χ1v) is 8.94. The van der Waals surface area contributed by atoms with E-state index in [9.17, 15) is 4.39 Å². The van der Waals surface area contributed by atoms with E-state index in [1.54, 1.807) is 22.9 Å². The van der Waals surface area contributed by atoms with Gasteiger partial charge in [-0.3, -0.25) is 5.10 Å². The largest absolute Gasteiger partial charge is 0.488 e. The summed E-state index contributed by atoms with van der Waals surface area (Å²) in [5.74, 6) is 1.30. The summed E-state index contributed by atoms with van der Waals surface area (Å²) in [6.07, 6.45) is 1.80. The summed E-state index contributed by atoms with van der Waals surface area (Å²) in [7, 11) is 0. The molecule has 0 fully saturated rings. The number of aryl methyl sites for hydroxylation is 1. The Kier molecular flexibility index (Phi) is 6.01. The molecule has 1 heterocycles. The summed E-state index contributed by atoms with van der Waals surface area (Å²) < 4.78 is 21.9. The number of aromatic amines is 1. The van der Waals surface area contributed by atoms with Crippen molar-refractivity contribution in [1.82, 2.24) is 14.9 Å². The highest BCUT2D eigenvalue weighted by molar-refractivity contribution is 7.71. The molecule has 0 atom stereocenters. The van der Waals surface area contributed by atoms with Gasteiger partial charge in [0.1, 0.15) is 18.2 Å². The summed E-state index contributed by atoms with van der Waals surface area (Å²) in [4.78, 5) is 0. The van der Waals surface area contributed by atoms with Crippen molar-refractivity contribution >= 4 is 12.2 Å². The Morgan fingerprint density at radius 3 is 2.65 bits per heavy atom. The third kappa shape index (κ3) is 4.29. The van der Waals surface area contributed by atoms with Gasteiger partial charge in [0, 0.05) is 17.5 Å². The Hall–Kier alpha value is -2.67. The van der Waals surface area contributed by atoms with Crippen molar-refractivity contribution in [3.63, 3.8) is 0 Å². The maximum Gasteiger partial charge on any atom is 0.214 e. The van der Waals surface area contributed by atoms with Crippen LogP contribution in [0.1, 0.15) is 30.3 Å². The van der Waals surface area contributed by atoms with Crippen LogP contribution in [0.2, 0.25) is 0 Å². The monoisotopic (exact) mass is 372 g/mol. The minimum atomic E-state index is -0.267. The molecule has 0 aliphatic rings. The molecular weight excluding hydrogens is 351 g/mol. The summed E-state index contributed by atoms with van der Waals surface area (Å²) in [6.45, 7) is 2.78. The lowest BCUT2D eigenvalue weighted by atomic mass is 10.2. The molecule has 2 aromatic carbocycles. The third-order valence-electron chi connectivity index (χ3n) is 3.96. The average molecular weight is 372 g/mol. The zero-order chi connectivity index (χ0) is 18.4. The molecule has 1 aromatic heterocycles. The SMILES string of the molecule is CCCc1n[nH]c(=S)n1NCc1ccccc1OCc1ccccc1F. The zero-order valence-corrected chi connectivity index (χ0v) is 15.4. The first-order valence-electron chi connectivity index (χ1n) is 8.53. The quantitative estimate of drug-likeness (QED) is 0.577. The van der Waals surface area contributed by atoms with Crippen LogP contribution < -0.4 is 10.2 Å². The van der Waals surface area contributed by atoms with Crippen molar-refractivity contribution < 1.29 is 9.13 Å². The van der Waals surface area contributed by atoms with Crippen LogP contribution in [-0.2, 0) is 19.6 Å². The molecular formula is C19H21FN4OS. The number of H-pyrrole nitrogens is 1. The van der Waals surface area contributed by atoms with Crippen molar-refractivity contribution in [1.29, 1.82) is 0 Å². The molecule has 136 valence electrons. The van der Waals surface area contributed by atoms with Gasteiger partial charge in [-0.15, -0.1) is 0 Å².